The summed E-state index contributed by atoms with van der Waals surface area (Å²) in [6, 6.07) is 11.9. The Morgan fingerprint density at radius 1 is 1.24 bits per heavy atom. The van der Waals surface area contributed by atoms with Crippen molar-refractivity contribution in [3.8, 4) is 5.75 Å². The zero-order valence-corrected chi connectivity index (χ0v) is 17.5. The Balaban J connectivity index is 1.47. The van der Waals surface area contributed by atoms with Crippen LogP contribution in [0.2, 0.25) is 0 Å². The van der Waals surface area contributed by atoms with Gasteiger partial charge in [-0.15, -0.1) is 0 Å². The molecule has 1 aliphatic heterocycles. The van der Waals surface area contributed by atoms with Gasteiger partial charge < -0.3 is 10.1 Å². The topological polar surface area (TPSA) is 88.6 Å². The van der Waals surface area contributed by atoms with Crippen LogP contribution in [0.4, 0.5) is 5.69 Å². The van der Waals surface area contributed by atoms with Crippen molar-refractivity contribution in [2.45, 2.75) is 17.7 Å². The van der Waals surface area contributed by atoms with Crippen LogP contribution < -0.4 is 10.1 Å². The summed E-state index contributed by atoms with van der Waals surface area (Å²) in [5.74, 6) is 0.0351. The van der Waals surface area contributed by atoms with Crippen LogP contribution >= 0.6 is 11.5 Å². The minimum absolute atomic E-state index is 0.165. The molecule has 29 heavy (non-hydrogen) atoms. The number of benzene rings is 2. The first-order valence-electron chi connectivity index (χ1n) is 9.27. The number of amides is 1. The molecule has 1 saturated heterocycles. The highest BCUT2D eigenvalue weighted by molar-refractivity contribution is 7.89. The summed E-state index contributed by atoms with van der Waals surface area (Å²) in [6.45, 7) is 0.577. The average molecular weight is 432 g/mol. The molecule has 1 fully saturated rings. The van der Waals surface area contributed by atoms with Crippen LogP contribution in [0.1, 0.15) is 12.8 Å². The Kier molecular flexibility index (Phi) is 5.53. The van der Waals surface area contributed by atoms with Gasteiger partial charge >= 0.3 is 0 Å². The molecule has 152 valence electrons. The predicted octanol–water partition coefficient (Wildman–Crippen LogP) is 3.34. The molecule has 0 radical (unpaired) electrons. The number of hydrogen-bond acceptors (Lipinski definition) is 6. The normalized spacial score (nSPS) is 17.9. The Labute approximate surface area is 173 Å². The molecule has 2 aromatic carbocycles. The van der Waals surface area contributed by atoms with Gasteiger partial charge in [0.05, 0.1) is 22.6 Å². The second-order valence-electron chi connectivity index (χ2n) is 6.95. The van der Waals surface area contributed by atoms with Crippen LogP contribution in [0.5, 0.6) is 5.75 Å². The summed E-state index contributed by atoms with van der Waals surface area (Å²) in [6.07, 6.45) is 3.06. The summed E-state index contributed by atoms with van der Waals surface area (Å²) >= 11 is 1.40. The molecule has 1 aromatic heterocycles. The highest BCUT2D eigenvalue weighted by atomic mass is 32.2. The summed E-state index contributed by atoms with van der Waals surface area (Å²) in [4.78, 5) is 13.0. The molecule has 4 rings (SSSR count). The van der Waals surface area contributed by atoms with Gasteiger partial charge in [0.25, 0.3) is 0 Å². The van der Waals surface area contributed by atoms with Crippen molar-refractivity contribution in [2.75, 3.05) is 25.5 Å². The third-order valence-electron chi connectivity index (χ3n) is 5.07. The third kappa shape index (κ3) is 4.12. The lowest BCUT2D eigenvalue weighted by atomic mass is 9.98. The monoisotopic (exact) mass is 431 g/mol. The van der Waals surface area contributed by atoms with Crippen molar-refractivity contribution >= 4 is 43.2 Å². The number of nitrogens with one attached hydrogen (secondary N) is 1. The molecule has 2 heterocycles. The lowest BCUT2D eigenvalue weighted by molar-refractivity contribution is -0.120. The fourth-order valence-corrected chi connectivity index (χ4v) is 5.62. The Bertz CT molecular complexity index is 1130. The van der Waals surface area contributed by atoms with E-state index in [-0.39, 0.29) is 17.3 Å². The summed E-state index contributed by atoms with van der Waals surface area (Å²) < 4.78 is 37.6. The van der Waals surface area contributed by atoms with E-state index in [4.69, 9.17) is 4.74 Å². The minimum Gasteiger partial charge on any atom is -0.497 e. The first kappa shape index (κ1) is 19.8. The molecule has 0 unspecified atom stereocenters. The van der Waals surface area contributed by atoms with Crippen molar-refractivity contribution in [3.05, 3.63) is 48.7 Å². The number of aromatic nitrogens is 1. The molecule has 3 aromatic rings. The van der Waals surface area contributed by atoms with Gasteiger partial charge in [-0.1, -0.05) is 0 Å². The maximum Gasteiger partial charge on any atom is 0.243 e. The van der Waals surface area contributed by atoms with Gasteiger partial charge in [-0.3, -0.25) is 4.79 Å². The van der Waals surface area contributed by atoms with Crippen LogP contribution in [0.25, 0.3) is 10.1 Å². The van der Waals surface area contributed by atoms with E-state index in [1.807, 2.05) is 18.2 Å². The fraction of sp³-hybridized carbons (Fsp3) is 0.300. The molecule has 0 aliphatic carbocycles. The second kappa shape index (κ2) is 8.10. The van der Waals surface area contributed by atoms with Gasteiger partial charge in [0.1, 0.15) is 5.75 Å². The smallest absolute Gasteiger partial charge is 0.243 e. The zero-order valence-electron chi connectivity index (χ0n) is 15.9. The van der Waals surface area contributed by atoms with Crippen LogP contribution in [0.15, 0.2) is 53.6 Å². The fourth-order valence-electron chi connectivity index (χ4n) is 3.47. The quantitative estimate of drug-likeness (QED) is 0.669. The van der Waals surface area contributed by atoms with Crippen molar-refractivity contribution in [1.82, 2.24) is 8.68 Å². The van der Waals surface area contributed by atoms with Gasteiger partial charge in [-0.25, -0.2) is 8.42 Å². The van der Waals surface area contributed by atoms with Crippen LogP contribution in [-0.2, 0) is 14.8 Å². The minimum atomic E-state index is -3.66. The van der Waals surface area contributed by atoms with E-state index in [0.29, 0.717) is 30.8 Å². The zero-order chi connectivity index (χ0) is 20.4. The third-order valence-corrected chi connectivity index (χ3v) is 7.73. The second-order valence-corrected chi connectivity index (χ2v) is 9.72. The number of ether oxygens (including phenoxy) is 1. The van der Waals surface area contributed by atoms with Crippen LogP contribution in [0, 0.1) is 5.92 Å². The number of fused-ring (bicyclic) bond motifs is 1. The molecule has 1 atom stereocenters. The van der Waals surface area contributed by atoms with Crippen LogP contribution in [-0.4, -0.2) is 43.2 Å². The molecule has 0 bridgehead atoms. The molecule has 1 amide bonds. The maximum atomic E-state index is 13.0. The number of methoxy groups -OCH3 is 1. The number of nitrogens with zero attached hydrogens (tertiary/aromatic N) is 2. The summed E-state index contributed by atoms with van der Waals surface area (Å²) in [5, 5.41) is 3.89. The average Bonchev–Trinajstić information content (AvgIpc) is 3.22. The lowest BCUT2D eigenvalue weighted by Crippen LogP contribution is -2.43. The predicted molar refractivity (Wildman–Crippen MR) is 113 cm³/mol. The molecule has 0 saturated carbocycles. The number of carbonyl (C=O) groups is 1. The highest BCUT2D eigenvalue weighted by Gasteiger charge is 2.33. The molecule has 9 heteroatoms. The van der Waals surface area contributed by atoms with Crippen molar-refractivity contribution in [2.24, 2.45) is 5.92 Å². The molecular weight excluding hydrogens is 410 g/mol. The molecular formula is C20H21N3O4S2. The Morgan fingerprint density at radius 2 is 2.03 bits per heavy atom. The first-order chi connectivity index (χ1) is 14.0. The van der Waals surface area contributed by atoms with Gasteiger partial charge in [0.2, 0.25) is 15.9 Å². The highest BCUT2D eigenvalue weighted by Crippen LogP contribution is 2.27. The number of piperidine rings is 1. The van der Waals surface area contributed by atoms with E-state index in [1.54, 1.807) is 18.3 Å². The molecule has 7 nitrogen and oxygen atoms in total. The van der Waals surface area contributed by atoms with Crippen molar-refractivity contribution in [3.63, 3.8) is 0 Å². The number of carbonyl (C=O) groups excluding carboxylic acids is 1. The van der Waals surface area contributed by atoms with E-state index in [0.717, 1.165) is 10.1 Å². The van der Waals surface area contributed by atoms with Gasteiger partial charge in [0.15, 0.2) is 0 Å². The van der Waals surface area contributed by atoms with E-state index in [1.165, 1.54) is 35.1 Å². The summed E-state index contributed by atoms with van der Waals surface area (Å²) in [5.41, 5.74) is 0.692. The molecule has 1 N–H and O–H groups in total. The first-order valence-corrected chi connectivity index (χ1v) is 11.5. The van der Waals surface area contributed by atoms with Crippen molar-refractivity contribution in [1.29, 1.82) is 0 Å². The van der Waals surface area contributed by atoms with E-state index < -0.39 is 15.9 Å². The Hall–Kier alpha value is -2.49. The SMILES string of the molecule is COc1ccc(S(=O)(=O)N2CCC[C@@H](C(=O)Nc3ccc4sncc4c3)C2)cc1. The summed E-state index contributed by atoms with van der Waals surface area (Å²) in [7, 11) is -2.12. The Morgan fingerprint density at radius 3 is 2.79 bits per heavy atom. The van der Waals surface area contributed by atoms with E-state index in [9.17, 15) is 13.2 Å². The number of sulfonamides is 1. The van der Waals surface area contributed by atoms with E-state index in [2.05, 4.69) is 9.69 Å². The lowest BCUT2D eigenvalue weighted by Gasteiger charge is -2.31. The van der Waals surface area contributed by atoms with Gasteiger partial charge in [-0.05, 0) is 66.8 Å². The number of rotatable bonds is 5. The van der Waals surface area contributed by atoms with Crippen molar-refractivity contribution < 1.29 is 17.9 Å². The molecule has 1 aliphatic rings. The maximum absolute atomic E-state index is 13.0. The standard InChI is InChI=1S/C20H21N3O4S2/c1-27-17-5-7-18(8-6-17)29(25,26)23-10-2-3-14(13-23)20(24)22-16-4-9-19-15(11-16)12-21-28-19/h4-9,11-12,14H,2-3,10,13H2,1H3,(H,22,24)/t14-/m1/s1. The van der Waals surface area contributed by atoms with Crippen LogP contribution in [0.3, 0.4) is 0 Å². The van der Waals surface area contributed by atoms with E-state index >= 15 is 0 Å². The number of hydrogen-bond donors (Lipinski definition) is 1. The number of anilines is 1. The molecule has 0 spiro atoms. The largest absolute Gasteiger partial charge is 0.497 e. The van der Waals surface area contributed by atoms with Gasteiger partial charge in [0, 0.05) is 30.4 Å². The van der Waals surface area contributed by atoms with Gasteiger partial charge in [-0.2, -0.15) is 8.68 Å².